The molecule has 0 saturated carbocycles. The summed E-state index contributed by atoms with van der Waals surface area (Å²) in [5.41, 5.74) is 8.43. The Labute approximate surface area is 109 Å². The van der Waals surface area contributed by atoms with E-state index in [0.29, 0.717) is 5.82 Å². The Kier molecular flexibility index (Phi) is 2.67. The van der Waals surface area contributed by atoms with Crippen LogP contribution in [0, 0.1) is 5.82 Å². The molecule has 96 valence electrons. The Bertz CT molecular complexity index is 718. The van der Waals surface area contributed by atoms with Gasteiger partial charge in [-0.2, -0.15) is 0 Å². The van der Waals surface area contributed by atoms with E-state index < -0.39 is 0 Å². The van der Waals surface area contributed by atoms with Crippen molar-refractivity contribution in [3.05, 3.63) is 54.2 Å². The molecule has 0 spiro atoms. The number of hydrogen-bond donors (Lipinski definition) is 1. The molecule has 1 atom stereocenters. The van der Waals surface area contributed by atoms with E-state index in [1.807, 2.05) is 11.5 Å². The first-order chi connectivity index (χ1) is 9.15. The molecule has 0 unspecified atom stereocenters. The molecule has 0 aliphatic heterocycles. The normalized spacial score (nSPS) is 12.7. The van der Waals surface area contributed by atoms with Crippen LogP contribution in [0.5, 0.6) is 0 Å². The third-order valence-corrected chi connectivity index (χ3v) is 3.25. The molecule has 1 aromatic carbocycles. The fourth-order valence-electron chi connectivity index (χ4n) is 2.16. The fourth-order valence-corrected chi connectivity index (χ4v) is 2.16. The number of fused-ring (bicyclic) bond motifs is 1. The molecule has 2 aromatic heterocycles. The van der Waals surface area contributed by atoms with Gasteiger partial charge < -0.3 is 10.3 Å². The zero-order chi connectivity index (χ0) is 13.4. The van der Waals surface area contributed by atoms with Gasteiger partial charge in [0.25, 0.3) is 0 Å². The van der Waals surface area contributed by atoms with E-state index in [2.05, 4.69) is 9.97 Å². The van der Waals surface area contributed by atoms with Gasteiger partial charge in [-0.05, 0) is 24.6 Å². The van der Waals surface area contributed by atoms with Crippen LogP contribution in [0.2, 0.25) is 0 Å². The van der Waals surface area contributed by atoms with Gasteiger partial charge in [0.2, 0.25) is 0 Å². The summed E-state index contributed by atoms with van der Waals surface area (Å²) in [6, 6.07) is 8.31. The average Bonchev–Trinajstić information content (AvgIpc) is 2.81. The molecule has 0 aliphatic rings. The molecule has 3 rings (SSSR count). The van der Waals surface area contributed by atoms with E-state index in [0.717, 1.165) is 16.6 Å². The smallest absolute Gasteiger partial charge is 0.125 e. The van der Waals surface area contributed by atoms with E-state index >= 15 is 0 Å². The number of nitrogen functional groups attached to an aromatic ring is 1. The maximum atomic E-state index is 13.0. The zero-order valence-corrected chi connectivity index (χ0v) is 10.4. The summed E-state index contributed by atoms with van der Waals surface area (Å²) >= 11 is 0. The highest BCUT2D eigenvalue weighted by atomic mass is 19.1. The van der Waals surface area contributed by atoms with Gasteiger partial charge in [0.05, 0.1) is 24.1 Å². The molecule has 5 heteroatoms. The van der Waals surface area contributed by atoms with Gasteiger partial charge in [0.1, 0.15) is 17.2 Å². The van der Waals surface area contributed by atoms with Gasteiger partial charge in [-0.3, -0.25) is 0 Å². The van der Waals surface area contributed by atoms with Crippen LogP contribution < -0.4 is 5.73 Å². The quantitative estimate of drug-likeness (QED) is 0.767. The van der Waals surface area contributed by atoms with Crippen molar-refractivity contribution in [2.45, 2.75) is 13.0 Å². The summed E-state index contributed by atoms with van der Waals surface area (Å²) in [5.74, 6) is 0.223. The molecule has 19 heavy (non-hydrogen) atoms. The standard InChI is InChI=1S/C14H13FN4/c1-9(10-2-4-11(15)5-3-10)19-8-18-12-7-17-14(16)6-13(12)19/h2-9H,1H3,(H2,16,17)/t9-/m0/s1. The van der Waals surface area contributed by atoms with Crippen molar-refractivity contribution in [3.8, 4) is 0 Å². The molecule has 2 heterocycles. The van der Waals surface area contributed by atoms with E-state index in [-0.39, 0.29) is 11.9 Å². The highest BCUT2D eigenvalue weighted by Crippen LogP contribution is 2.23. The summed E-state index contributed by atoms with van der Waals surface area (Å²) in [4.78, 5) is 8.31. The number of aromatic nitrogens is 3. The lowest BCUT2D eigenvalue weighted by Crippen LogP contribution is -2.05. The number of pyridine rings is 1. The van der Waals surface area contributed by atoms with E-state index in [1.165, 1.54) is 12.1 Å². The Morgan fingerprint density at radius 2 is 1.95 bits per heavy atom. The summed E-state index contributed by atoms with van der Waals surface area (Å²) in [6.45, 7) is 2.03. The monoisotopic (exact) mass is 256 g/mol. The molecule has 0 saturated heterocycles. The van der Waals surface area contributed by atoms with E-state index in [4.69, 9.17) is 5.73 Å². The third-order valence-electron chi connectivity index (χ3n) is 3.25. The van der Waals surface area contributed by atoms with Gasteiger partial charge in [-0.15, -0.1) is 0 Å². The number of rotatable bonds is 2. The molecule has 4 nitrogen and oxygen atoms in total. The maximum Gasteiger partial charge on any atom is 0.125 e. The van der Waals surface area contributed by atoms with Crippen molar-refractivity contribution in [1.29, 1.82) is 0 Å². The number of halogens is 1. The lowest BCUT2D eigenvalue weighted by molar-refractivity contribution is 0.620. The van der Waals surface area contributed by atoms with Gasteiger partial charge in [-0.25, -0.2) is 14.4 Å². The Hall–Kier alpha value is -2.43. The fraction of sp³-hybridized carbons (Fsp3) is 0.143. The molecule has 2 N–H and O–H groups in total. The van der Waals surface area contributed by atoms with Crippen LogP contribution in [0.1, 0.15) is 18.5 Å². The molecule has 0 radical (unpaired) electrons. The van der Waals surface area contributed by atoms with Crippen LogP contribution in [0.4, 0.5) is 10.2 Å². The van der Waals surface area contributed by atoms with Gasteiger partial charge in [-0.1, -0.05) is 12.1 Å². The van der Waals surface area contributed by atoms with Crippen molar-refractivity contribution in [1.82, 2.24) is 14.5 Å². The SMILES string of the molecule is C[C@@H](c1ccc(F)cc1)n1cnc2cnc(N)cc21. The first kappa shape index (κ1) is 11.6. The largest absolute Gasteiger partial charge is 0.384 e. The van der Waals surface area contributed by atoms with Crippen molar-refractivity contribution in [2.75, 3.05) is 5.73 Å². The Morgan fingerprint density at radius 3 is 2.68 bits per heavy atom. The highest BCUT2D eigenvalue weighted by Gasteiger charge is 2.12. The second-order valence-corrected chi connectivity index (χ2v) is 4.48. The van der Waals surface area contributed by atoms with Crippen molar-refractivity contribution in [3.63, 3.8) is 0 Å². The maximum absolute atomic E-state index is 13.0. The van der Waals surface area contributed by atoms with Crippen LogP contribution in [0.25, 0.3) is 11.0 Å². The summed E-state index contributed by atoms with van der Waals surface area (Å²) in [7, 11) is 0. The summed E-state index contributed by atoms with van der Waals surface area (Å²) < 4.78 is 15.0. The second-order valence-electron chi connectivity index (χ2n) is 4.48. The first-order valence-corrected chi connectivity index (χ1v) is 5.98. The number of benzene rings is 1. The van der Waals surface area contributed by atoms with Crippen molar-refractivity contribution in [2.24, 2.45) is 0 Å². The van der Waals surface area contributed by atoms with Crippen molar-refractivity contribution >= 4 is 16.9 Å². The highest BCUT2D eigenvalue weighted by molar-refractivity contribution is 5.77. The topological polar surface area (TPSA) is 56.7 Å². The van der Waals surface area contributed by atoms with Crippen LogP contribution >= 0.6 is 0 Å². The van der Waals surface area contributed by atoms with Crippen LogP contribution in [0.15, 0.2) is 42.9 Å². The van der Waals surface area contributed by atoms with E-state index in [9.17, 15) is 4.39 Å². The molecular weight excluding hydrogens is 243 g/mol. The van der Waals surface area contributed by atoms with Gasteiger partial charge >= 0.3 is 0 Å². The molecular formula is C14H13FN4. The second kappa shape index (κ2) is 4.35. The minimum absolute atomic E-state index is 0.0485. The van der Waals surface area contributed by atoms with Crippen molar-refractivity contribution < 1.29 is 4.39 Å². The molecule has 0 bridgehead atoms. The van der Waals surface area contributed by atoms with E-state index in [1.54, 1.807) is 30.7 Å². The predicted octanol–water partition coefficient (Wildman–Crippen LogP) is 2.76. The average molecular weight is 256 g/mol. The first-order valence-electron chi connectivity index (χ1n) is 5.98. The van der Waals surface area contributed by atoms with Crippen LogP contribution in [-0.2, 0) is 0 Å². The molecule has 0 aliphatic carbocycles. The predicted molar refractivity (Wildman–Crippen MR) is 72.2 cm³/mol. The lowest BCUT2D eigenvalue weighted by atomic mass is 10.1. The number of nitrogens with two attached hydrogens (primary N) is 1. The lowest BCUT2D eigenvalue weighted by Gasteiger charge is -2.15. The molecule has 0 amide bonds. The molecule has 0 fully saturated rings. The summed E-state index contributed by atoms with van der Waals surface area (Å²) in [5, 5.41) is 0. The minimum atomic E-state index is -0.236. The molecule has 3 aromatic rings. The Balaban J connectivity index is 2.08. The number of anilines is 1. The number of nitrogens with zero attached hydrogens (tertiary/aromatic N) is 3. The minimum Gasteiger partial charge on any atom is -0.384 e. The zero-order valence-electron chi connectivity index (χ0n) is 10.4. The van der Waals surface area contributed by atoms with Gasteiger partial charge in [0, 0.05) is 6.07 Å². The number of imidazole rings is 1. The van der Waals surface area contributed by atoms with Crippen LogP contribution in [0.3, 0.4) is 0 Å². The summed E-state index contributed by atoms with van der Waals surface area (Å²) in [6.07, 6.45) is 3.40. The third kappa shape index (κ3) is 2.03. The number of hydrogen-bond acceptors (Lipinski definition) is 3. The van der Waals surface area contributed by atoms with Gasteiger partial charge in [0.15, 0.2) is 0 Å². The Morgan fingerprint density at radius 1 is 1.21 bits per heavy atom. The van der Waals surface area contributed by atoms with Crippen LogP contribution in [-0.4, -0.2) is 14.5 Å².